The molecule has 3 nitrogen and oxygen atoms in total. The molecular weight excluding hydrogens is 254 g/mol. The highest BCUT2D eigenvalue weighted by atomic mass is 32.1. The Hall–Kier alpha value is -0.450. The second-order valence-electron chi connectivity index (χ2n) is 6.00. The molecule has 0 radical (unpaired) electrons. The Morgan fingerprint density at radius 3 is 2.74 bits per heavy atom. The number of nitrogens with two attached hydrogens (primary N) is 1. The maximum atomic E-state index is 5.64. The van der Waals surface area contributed by atoms with Gasteiger partial charge in [-0.1, -0.05) is 20.8 Å². The molecule has 1 aromatic rings. The molecule has 0 saturated carbocycles. The molecule has 1 atom stereocenters. The van der Waals surface area contributed by atoms with E-state index in [1.54, 1.807) is 0 Å². The average molecular weight is 283 g/mol. The van der Waals surface area contributed by atoms with Crippen molar-refractivity contribution in [1.29, 1.82) is 0 Å². The largest absolute Gasteiger partial charge is 0.330 e. The number of rotatable bonds is 9. The van der Waals surface area contributed by atoms with Gasteiger partial charge in [0.25, 0.3) is 0 Å². The summed E-state index contributed by atoms with van der Waals surface area (Å²) in [6.45, 7) is 10.8. The first-order valence-electron chi connectivity index (χ1n) is 7.36. The summed E-state index contributed by atoms with van der Waals surface area (Å²) in [4.78, 5) is 5.85. The van der Waals surface area contributed by atoms with E-state index in [0.717, 1.165) is 25.9 Å². The molecule has 0 aliphatic heterocycles. The molecule has 3 N–H and O–H groups in total. The molecule has 0 spiro atoms. The first-order valence-corrected chi connectivity index (χ1v) is 8.18. The quantitative estimate of drug-likeness (QED) is 0.682. The topological polar surface area (TPSA) is 50.9 Å². The smallest absolute Gasteiger partial charge is 0.109 e. The maximum Gasteiger partial charge on any atom is 0.109 e. The van der Waals surface area contributed by atoms with Gasteiger partial charge in [0, 0.05) is 11.1 Å². The molecule has 0 saturated heterocycles. The van der Waals surface area contributed by atoms with Gasteiger partial charge in [0.1, 0.15) is 5.01 Å². The highest BCUT2D eigenvalue weighted by molar-refractivity contribution is 7.11. The van der Waals surface area contributed by atoms with Crippen LogP contribution in [-0.4, -0.2) is 18.1 Å². The van der Waals surface area contributed by atoms with Crippen LogP contribution in [-0.2, 0) is 6.42 Å². The molecule has 0 aliphatic rings. The molecule has 1 unspecified atom stereocenters. The van der Waals surface area contributed by atoms with E-state index >= 15 is 0 Å². The fourth-order valence-corrected chi connectivity index (χ4v) is 3.06. The summed E-state index contributed by atoms with van der Waals surface area (Å²) in [5.74, 6) is 0. The molecule has 1 rings (SSSR count). The van der Waals surface area contributed by atoms with Crippen LogP contribution in [0.3, 0.4) is 0 Å². The summed E-state index contributed by atoms with van der Waals surface area (Å²) in [6.07, 6.45) is 6.61. The van der Waals surface area contributed by atoms with Crippen molar-refractivity contribution in [3.63, 3.8) is 0 Å². The van der Waals surface area contributed by atoms with Crippen molar-refractivity contribution < 1.29 is 0 Å². The van der Waals surface area contributed by atoms with Gasteiger partial charge in [0.15, 0.2) is 0 Å². The third-order valence-electron chi connectivity index (χ3n) is 3.59. The second-order valence-corrected chi connectivity index (χ2v) is 7.15. The monoisotopic (exact) mass is 283 g/mol. The lowest BCUT2D eigenvalue weighted by Crippen LogP contribution is -2.23. The first kappa shape index (κ1) is 16.6. The van der Waals surface area contributed by atoms with Crippen LogP contribution < -0.4 is 11.1 Å². The Labute approximate surface area is 122 Å². The van der Waals surface area contributed by atoms with E-state index < -0.39 is 0 Å². The van der Waals surface area contributed by atoms with Gasteiger partial charge in [-0.2, -0.15) is 0 Å². The van der Waals surface area contributed by atoms with Crippen LogP contribution in [0.25, 0.3) is 0 Å². The normalized spacial score (nSPS) is 13.7. The second kappa shape index (κ2) is 7.98. The summed E-state index contributed by atoms with van der Waals surface area (Å²) < 4.78 is 0. The summed E-state index contributed by atoms with van der Waals surface area (Å²) in [6, 6.07) is 0.364. The molecule has 0 amide bonds. The van der Waals surface area contributed by atoms with Gasteiger partial charge in [0.05, 0.1) is 6.04 Å². The van der Waals surface area contributed by atoms with Crippen LogP contribution in [0.4, 0.5) is 0 Å². The van der Waals surface area contributed by atoms with Crippen molar-refractivity contribution in [2.75, 3.05) is 13.1 Å². The molecule has 0 aliphatic carbocycles. The predicted molar refractivity (Wildman–Crippen MR) is 84.6 cm³/mol. The summed E-state index contributed by atoms with van der Waals surface area (Å²) in [5, 5.41) is 4.77. The van der Waals surface area contributed by atoms with Crippen molar-refractivity contribution in [2.45, 2.75) is 59.4 Å². The van der Waals surface area contributed by atoms with Gasteiger partial charge in [-0.05, 0) is 51.1 Å². The highest BCUT2D eigenvalue weighted by Crippen LogP contribution is 2.26. The number of hydrogen-bond donors (Lipinski definition) is 2. The van der Waals surface area contributed by atoms with Gasteiger partial charge in [-0.15, -0.1) is 11.3 Å². The van der Waals surface area contributed by atoms with E-state index in [1.165, 1.54) is 22.7 Å². The molecule has 0 fully saturated rings. The Morgan fingerprint density at radius 1 is 1.42 bits per heavy atom. The van der Waals surface area contributed by atoms with E-state index in [1.807, 2.05) is 17.5 Å². The van der Waals surface area contributed by atoms with Crippen LogP contribution >= 0.6 is 11.3 Å². The minimum absolute atomic E-state index is 0.364. The van der Waals surface area contributed by atoms with Gasteiger partial charge in [0.2, 0.25) is 0 Å². The Morgan fingerprint density at radius 2 is 2.16 bits per heavy atom. The van der Waals surface area contributed by atoms with Crippen LogP contribution in [0.2, 0.25) is 0 Å². The summed E-state index contributed by atoms with van der Waals surface area (Å²) in [7, 11) is 0. The number of aryl methyl sites for hydroxylation is 1. The van der Waals surface area contributed by atoms with Crippen molar-refractivity contribution in [2.24, 2.45) is 11.1 Å². The van der Waals surface area contributed by atoms with E-state index in [9.17, 15) is 0 Å². The Bertz CT molecular complexity index is 360. The van der Waals surface area contributed by atoms with Crippen LogP contribution in [0.1, 0.15) is 62.9 Å². The van der Waals surface area contributed by atoms with Crippen molar-refractivity contribution in [3.8, 4) is 0 Å². The van der Waals surface area contributed by atoms with Crippen molar-refractivity contribution >= 4 is 11.3 Å². The molecular formula is C15H29N3S. The summed E-state index contributed by atoms with van der Waals surface area (Å²) in [5.41, 5.74) is 6.01. The first-order chi connectivity index (χ1) is 8.98. The fraction of sp³-hybridized carbons (Fsp3) is 0.800. The zero-order valence-corrected chi connectivity index (χ0v) is 13.6. The standard InChI is InChI=1S/C15H29N3S/c1-5-13-11-18-14(19-13)12(2)17-10-6-7-15(3,4)8-9-16/h11-12,17H,5-10,16H2,1-4H3. The highest BCUT2D eigenvalue weighted by Gasteiger charge is 2.16. The fourth-order valence-electron chi connectivity index (χ4n) is 2.17. The van der Waals surface area contributed by atoms with E-state index in [2.05, 4.69) is 38.0 Å². The number of nitrogens with zero attached hydrogens (tertiary/aromatic N) is 1. The lowest BCUT2D eigenvalue weighted by Gasteiger charge is -2.24. The zero-order valence-electron chi connectivity index (χ0n) is 12.8. The number of hydrogen-bond acceptors (Lipinski definition) is 4. The van der Waals surface area contributed by atoms with Gasteiger partial charge >= 0.3 is 0 Å². The third kappa shape index (κ3) is 6.02. The molecule has 0 aromatic carbocycles. The molecule has 1 heterocycles. The van der Waals surface area contributed by atoms with Gasteiger partial charge in [-0.3, -0.25) is 0 Å². The minimum atomic E-state index is 0.364. The van der Waals surface area contributed by atoms with Crippen LogP contribution in [0.15, 0.2) is 6.20 Å². The molecule has 110 valence electrons. The van der Waals surface area contributed by atoms with E-state index in [0.29, 0.717) is 11.5 Å². The van der Waals surface area contributed by atoms with Gasteiger partial charge in [-0.25, -0.2) is 4.98 Å². The average Bonchev–Trinajstić information content (AvgIpc) is 2.83. The lowest BCUT2D eigenvalue weighted by atomic mass is 9.84. The Kier molecular flexibility index (Phi) is 6.97. The van der Waals surface area contributed by atoms with Gasteiger partial charge < -0.3 is 11.1 Å². The van der Waals surface area contributed by atoms with Crippen molar-refractivity contribution in [1.82, 2.24) is 10.3 Å². The van der Waals surface area contributed by atoms with E-state index in [-0.39, 0.29) is 0 Å². The summed E-state index contributed by atoms with van der Waals surface area (Å²) >= 11 is 1.82. The SMILES string of the molecule is CCc1cnc(C(C)NCCCC(C)(C)CCN)s1. The molecule has 0 bridgehead atoms. The maximum absolute atomic E-state index is 5.64. The molecule has 19 heavy (non-hydrogen) atoms. The zero-order chi connectivity index (χ0) is 14.3. The van der Waals surface area contributed by atoms with Crippen LogP contribution in [0.5, 0.6) is 0 Å². The van der Waals surface area contributed by atoms with Crippen molar-refractivity contribution in [3.05, 3.63) is 16.1 Å². The van der Waals surface area contributed by atoms with Crippen LogP contribution in [0, 0.1) is 5.41 Å². The molecule has 4 heteroatoms. The minimum Gasteiger partial charge on any atom is -0.330 e. The lowest BCUT2D eigenvalue weighted by molar-refractivity contribution is 0.300. The van der Waals surface area contributed by atoms with E-state index in [4.69, 9.17) is 5.73 Å². The Balaban J connectivity index is 2.25. The number of nitrogens with one attached hydrogen (secondary N) is 1. The third-order valence-corrected chi connectivity index (χ3v) is 4.92. The number of aromatic nitrogens is 1. The molecule has 1 aromatic heterocycles. The number of thiazole rings is 1. The predicted octanol–water partition coefficient (Wildman–Crippen LogP) is 3.51.